The molecule has 0 aliphatic heterocycles. The number of carbonyl (C=O) groups excluding carboxylic acids is 2. The van der Waals surface area contributed by atoms with E-state index in [9.17, 15) is 14.0 Å². The minimum absolute atomic E-state index is 0.213. The van der Waals surface area contributed by atoms with Gasteiger partial charge in [-0.3, -0.25) is 14.6 Å². The number of rotatable bonds is 4. The van der Waals surface area contributed by atoms with Gasteiger partial charge in [0.2, 0.25) is 0 Å². The lowest BCUT2D eigenvalue weighted by atomic mass is 10.0. The number of ketones is 2. The maximum absolute atomic E-state index is 13.4. The van der Waals surface area contributed by atoms with E-state index >= 15 is 0 Å². The Morgan fingerprint density at radius 2 is 1.68 bits per heavy atom. The van der Waals surface area contributed by atoms with E-state index in [1.165, 1.54) is 24.5 Å². The van der Waals surface area contributed by atoms with Gasteiger partial charge in [-0.25, -0.2) is 4.39 Å². The largest absolute Gasteiger partial charge is 0.294 e. The number of Topliss-reactive ketones (excluding diaryl/α,β-unsaturated/α-hetero) is 2. The van der Waals surface area contributed by atoms with Gasteiger partial charge in [0.05, 0.1) is 6.42 Å². The Labute approximate surface area is 110 Å². The van der Waals surface area contributed by atoms with Crippen LogP contribution in [0.15, 0.2) is 42.7 Å². The normalized spacial score (nSPS) is 10.2. The number of hydrogen-bond acceptors (Lipinski definition) is 3. The molecule has 2 aromatic rings. The number of carbonyl (C=O) groups is 2. The third-order valence-electron chi connectivity index (χ3n) is 2.82. The van der Waals surface area contributed by atoms with Crippen LogP contribution in [0, 0.1) is 12.7 Å². The van der Waals surface area contributed by atoms with E-state index in [1.54, 1.807) is 19.1 Å². The number of pyridine rings is 1. The summed E-state index contributed by atoms with van der Waals surface area (Å²) in [5, 5.41) is 0. The second-order valence-electron chi connectivity index (χ2n) is 4.22. The Kier molecular flexibility index (Phi) is 3.80. The average Bonchev–Trinajstić information content (AvgIpc) is 2.42. The van der Waals surface area contributed by atoms with Gasteiger partial charge in [0.15, 0.2) is 11.6 Å². The minimum Gasteiger partial charge on any atom is -0.294 e. The van der Waals surface area contributed by atoms with Crippen molar-refractivity contribution in [1.29, 1.82) is 0 Å². The van der Waals surface area contributed by atoms with Crippen molar-refractivity contribution in [3.05, 3.63) is 65.2 Å². The molecule has 0 radical (unpaired) electrons. The van der Waals surface area contributed by atoms with Crippen LogP contribution in [0.4, 0.5) is 4.39 Å². The highest BCUT2D eigenvalue weighted by atomic mass is 19.1. The van der Waals surface area contributed by atoms with Gasteiger partial charge in [0.1, 0.15) is 5.82 Å². The summed E-state index contributed by atoms with van der Waals surface area (Å²) in [5.74, 6) is -1.13. The van der Waals surface area contributed by atoms with Crippen molar-refractivity contribution in [2.75, 3.05) is 0 Å². The zero-order valence-electron chi connectivity index (χ0n) is 10.4. The van der Waals surface area contributed by atoms with Gasteiger partial charge in [-0.05, 0) is 30.7 Å². The maximum Gasteiger partial charge on any atom is 0.170 e. The van der Waals surface area contributed by atoms with E-state index in [1.807, 2.05) is 0 Å². The fraction of sp³-hybridized carbons (Fsp3) is 0.133. The molecule has 0 saturated heterocycles. The summed E-state index contributed by atoms with van der Waals surface area (Å²) in [6.07, 6.45) is 2.71. The predicted octanol–water partition coefficient (Wildman–Crippen LogP) is 2.98. The first-order valence-corrected chi connectivity index (χ1v) is 5.80. The van der Waals surface area contributed by atoms with Crippen molar-refractivity contribution in [3.63, 3.8) is 0 Å². The monoisotopic (exact) mass is 257 g/mol. The molecular formula is C15H12FNO2. The van der Waals surface area contributed by atoms with Crippen molar-refractivity contribution >= 4 is 11.6 Å². The van der Waals surface area contributed by atoms with Crippen LogP contribution in [-0.2, 0) is 0 Å². The highest BCUT2D eigenvalue weighted by Crippen LogP contribution is 2.12. The van der Waals surface area contributed by atoms with Crippen LogP contribution in [0.3, 0.4) is 0 Å². The molecule has 0 amide bonds. The molecule has 0 spiro atoms. The zero-order valence-corrected chi connectivity index (χ0v) is 10.4. The topological polar surface area (TPSA) is 47.0 Å². The molecule has 2 rings (SSSR count). The highest BCUT2D eigenvalue weighted by molar-refractivity contribution is 6.13. The van der Waals surface area contributed by atoms with Gasteiger partial charge >= 0.3 is 0 Å². The van der Waals surface area contributed by atoms with Crippen LogP contribution in [0.25, 0.3) is 0 Å². The summed E-state index contributed by atoms with van der Waals surface area (Å²) >= 11 is 0. The smallest absolute Gasteiger partial charge is 0.170 e. The second kappa shape index (κ2) is 5.52. The van der Waals surface area contributed by atoms with Crippen molar-refractivity contribution in [1.82, 2.24) is 4.98 Å². The molecule has 0 aliphatic rings. The van der Waals surface area contributed by atoms with Crippen molar-refractivity contribution in [3.8, 4) is 0 Å². The lowest BCUT2D eigenvalue weighted by molar-refractivity contribution is 0.0894. The molecule has 96 valence electrons. The molecule has 0 unspecified atom stereocenters. The third-order valence-corrected chi connectivity index (χ3v) is 2.82. The Balaban J connectivity index is 2.13. The highest BCUT2D eigenvalue weighted by Gasteiger charge is 2.14. The van der Waals surface area contributed by atoms with E-state index in [-0.39, 0.29) is 23.6 Å². The average molecular weight is 257 g/mol. The Hall–Kier alpha value is -2.36. The number of aromatic nitrogens is 1. The summed E-state index contributed by atoms with van der Waals surface area (Å²) in [5.41, 5.74) is 1.11. The molecule has 1 heterocycles. The SMILES string of the molecule is Cc1ccc(C(=O)CC(=O)c2ccncc2)cc1F. The van der Waals surface area contributed by atoms with Gasteiger partial charge in [-0.1, -0.05) is 12.1 Å². The van der Waals surface area contributed by atoms with E-state index in [2.05, 4.69) is 4.98 Å². The molecule has 4 heteroatoms. The van der Waals surface area contributed by atoms with E-state index < -0.39 is 5.82 Å². The molecule has 0 bridgehead atoms. The fourth-order valence-corrected chi connectivity index (χ4v) is 1.65. The van der Waals surface area contributed by atoms with E-state index in [0.717, 1.165) is 6.07 Å². The maximum atomic E-state index is 13.4. The lowest BCUT2D eigenvalue weighted by Crippen LogP contribution is -2.09. The molecule has 0 saturated carbocycles. The van der Waals surface area contributed by atoms with Crippen LogP contribution < -0.4 is 0 Å². The lowest BCUT2D eigenvalue weighted by Gasteiger charge is -2.03. The van der Waals surface area contributed by atoms with Gasteiger partial charge in [-0.2, -0.15) is 0 Å². The fourth-order valence-electron chi connectivity index (χ4n) is 1.65. The van der Waals surface area contributed by atoms with Crippen molar-refractivity contribution < 1.29 is 14.0 Å². The molecule has 0 atom stereocenters. The molecule has 19 heavy (non-hydrogen) atoms. The minimum atomic E-state index is -0.442. The Morgan fingerprint density at radius 1 is 1.05 bits per heavy atom. The number of benzene rings is 1. The molecule has 0 N–H and O–H groups in total. The molecular weight excluding hydrogens is 245 g/mol. The number of nitrogens with zero attached hydrogens (tertiary/aromatic N) is 1. The summed E-state index contributed by atoms with van der Waals surface area (Å²) < 4.78 is 13.4. The summed E-state index contributed by atoms with van der Waals surface area (Å²) in [6.45, 7) is 1.62. The van der Waals surface area contributed by atoms with Crippen LogP contribution in [0.5, 0.6) is 0 Å². The Bertz CT molecular complexity index is 623. The predicted molar refractivity (Wildman–Crippen MR) is 68.7 cm³/mol. The van der Waals surface area contributed by atoms with Gasteiger partial charge < -0.3 is 0 Å². The third kappa shape index (κ3) is 3.10. The van der Waals surface area contributed by atoms with Gasteiger partial charge in [0, 0.05) is 23.5 Å². The van der Waals surface area contributed by atoms with Crippen LogP contribution in [0.2, 0.25) is 0 Å². The first kappa shape index (κ1) is 13.1. The molecule has 3 nitrogen and oxygen atoms in total. The molecule has 0 fully saturated rings. The van der Waals surface area contributed by atoms with Gasteiger partial charge in [-0.15, -0.1) is 0 Å². The first-order valence-electron chi connectivity index (χ1n) is 5.80. The quantitative estimate of drug-likeness (QED) is 0.625. The first-order chi connectivity index (χ1) is 9.08. The van der Waals surface area contributed by atoms with E-state index in [4.69, 9.17) is 0 Å². The van der Waals surface area contributed by atoms with E-state index in [0.29, 0.717) is 11.1 Å². The number of hydrogen-bond donors (Lipinski definition) is 0. The second-order valence-corrected chi connectivity index (χ2v) is 4.22. The van der Waals surface area contributed by atoms with Crippen molar-refractivity contribution in [2.45, 2.75) is 13.3 Å². The van der Waals surface area contributed by atoms with Crippen molar-refractivity contribution in [2.24, 2.45) is 0 Å². The van der Waals surface area contributed by atoms with Gasteiger partial charge in [0.25, 0.3) is 0 Å². The number of aryl methyl sites for hydroxylation is 1. The van der Waals surface area contributed by atoms with Crippen LogP contribution in [-0.4, -0.2) is 16.6 Å². The van der Waals surface area contributed by atoms with Crippen LogP contribution >= 0.6 is 0 Å². The number of halogens is 1. The summed E-state index contributed by atoms with van der Waals surface area (Å²) in [7, 11) is 0. The molecule has 0 aliphatic carbocycles. The van der Waals surface area contributed by atoms with Crippen LogP contribution in [0.1, 0.15) is 32.7 Å². The summed E-state index contributed by atoms with van der Waals surface area (Å²) in [4.78, 5) is 27.5. The molecule has 1 aromatic heterocycles. The molecule has 1 aromatic carbocycles. The standard InChI is InChI=1S/C15H12FNO2/c1-10-2-3-12(8-13(10)16)15(19)9-14(18)11-4-6-17-7-5-11/h2-8H,9H2,1H3. The zero-order chi connectivity index (χ0) is 13.8. The summed E-state index contributed by atoms with van der Waals surface area (Å²) in [6, 6.07) is 7.31. The Morgan fingerprint density at radius 3 is 2.32 bits per heavy atom.